The number of imidazole rings is 1. The maximum Gasteiger partial charge on any atom is 0.449 e. The first kappa shape index (κ1) is 12.6. The molecule has 96 valence electrons. The van der Waals surface area contributed by atoms with Crippen LogP contribution in [-0.4, -0.2) is 9.55 Å². The van der Waals surface area contributed by atoms with Crippen molar-refractivity contribution in [3.63, 3.8) is 0 Å². The van der Waals surface area contributed by atoms with E-state index >= 15 is 0 Å². The van der Waals surface area contributed by atoms with E-state index in [0.29, 0.717) is 0 Å². The van der Waals surface area contributed by atoms with Crippen LogP contribution in [0.2, 0.25) is 0 Å². The first-order valence-corrected chi connectivity index (χ1v) is 5.38. The summed E-state index contributed by atoms with van der Waals surface area (Å²) >= 11 is 0. The molecule has 0 saturated heterocycles. The summed E-state index contributed by atoms with van der Waals surface area (Å²) in [4.78, 5) is 3.51. The molecule has 6 heteroatoms. The van der Waals surface area contributed by atoms with Crippen molar-refractivity contribution >= 4 is 0 Å². The van der Waals surface area contributed by atoms with Crippen LogP contribution in [0.3, 0.4) is 0 Å². The molecule has 2 aromatic rings. The summed E-state index contributed by atoms with van der Waals surface area (Å²) in [5, 5.41) is 0. The van der Waals surface area contributed by atoms with E-state index in [1.807, 2.05) is 6.07 Å². The molecule has 0 amide bonds. The van der Waals surface area contributed by atoms with Crippen LogP contribution in [0.1, 0.15) is 17.1 Å². The van der Waals surface area contributed by atoms with E-state index in [1.54, 1.807) is 24.3 Å². The van der Waals surface area contributed by atoms with Crippen molar-refractivity contribution < 1.29 is 13.2 Å². The molecule has 0 atom stereocenters. The molecule has 1 aromatic heterocycles. The Morgan fingerprint density at radius 3 is 2.39 bits per heavy atom. The highest BCUT2D eigenvalue weighted by atomic mass is 19.4. The van der Waals surface area contributed by atoms with Crippen LogP contribution in [0, 0.1) is 0 Å². The number of nitrogens with zero attached hydrogens (tertiary/aromatic N) is 2. The maximum atomic E-state index is 12.8. The molecule has 2 N–H and O–H groups in total. The van der Waals surface area contributed by atoms with Crippen molar-refractivity contribution in [1.29, 1.82) is 0 Å². The van der Waals surface area contributed by atoms with Crippen LogP contribution in [0.5, 0.6) is 0 Å². The average molecular weight is 255 g/mol. The Morgan fingerprint density at radius 2 is 1.83 bits per heavy atom. The smallest absolute Gasteiger partial charge is 0.325 e. The molecule has 0 aliphatic carbocycles. The monoisotopic (exact) mass is 255 g/mol. The minimum Gasteiger partial charge on any atom is -0.325 e. The standard InChI is InChI=1S/C12H12F3N3/c13-12(14,15)11-17-10(6-16)8-18(11)7-9-4-2-1-3-5-9/h1-5,8H,6-7,16H2. The van der Waals surface area contributed by atoms with Gasteiger partial charge in [-0.1, -0.05) is 30.3 Å². The number of hydrogen-bond donors (Lipinski definition) is 1. The highest BCUT2D eigenvalue weighted by Gasteiger charge is 2.36. The van der Waals surface area contributed by atoms with Gasteiger partial charge in [-0.25, -0.2) is 4.98 Å². The Kier molecular flexibility index (Phi) is 3.38. The third-order valence-corrected chi connectivity index (χ3v) is 2.48. The number of aromatic nitrogens is 2. The fourth-order valence-corrected chi connectivity index (χ4v) is 1.70. The number of alkyl halides is 3. The molecule has 1 heterocycles. The Labute approximate surface area is 102 Å². The molecule has 0 fully saturated rings. The largest absolute Gasteiger partial charge is 0.449 e. The van der Waals surface area contributed by atoms with Crippen molar-refractivity contribution in [3.8, 4) is 0 Å². The Hall–Kier alpha value is -1.82. The van der Waals surface area contributed by atoms with Gasteiger partial charge in [0.15, 0.2) is 0 Å². The van der Waals surface area contributed by atoms with Crippen molar-refractivity contribution in [1.82, 2.24) is 9.55 Å². The van der Waals surface area contributed by atoms with E-state index in [0.717, 1.165) is 10.1 Å². The van der Waals surface area contributed by atoms with Crippen LogP contribution in [0.25, 0.3) is 0 Å². The fraction of sp³-hybridized carbons (Fsp3) is 0.250. The highest BCUT2D eigenvalue weighted by molar-refractivity contribution is 5.17. The molecule has 0 spiro atoms. The molecule has 0 unspecified atom stereocenters. The summed E-state index contributed by atoms with van der Waals surface area (Å²) in [6.45, 7) is 0.119. The van der Waals surface area contributed by atoms with Gasteiger partial charge in [-0.15, -0.1) is 0 Å². The molecule has 0 aliphatic rings. The first-order chi connectivity index (χ1) is 8.50. The third kappa shape index (κ3) is 2.70. The SMILES string of the molecule is NCc1cn(Cc2ccccc2)c(C(F)(F)F)n1. The molecule has 0 radical (unpaired) electrons. The van der Waals surface area contributed by atoms with Gasteiger partial charge in [-0.3, -0.25) is 0 Å². The van der Waals surface area contributed by atoms with Crippen molar-refractivity contribution in [2.45, 2.75) is 19.3 Å². The number of nitrogens with two attached hydrogens (primary N) is 1. The van der Waals surface area contributed by atoms with E-state index in [2.05, 4.69) is 4.98 Å². The predicted molar refractivity (Wildman–Crippen MR) is 60.7 cm³/mol. The van der Waals surface area contributed by atoms with Crippen LogP contribution in [0.15, 0.2) is 36.5 Å². The van der Waals surface area contributed by atoms with Gasteiger partial charge in [-0.05, 0) is 5.56 Å². The molecule has 0 saturated carbocycles. The minimum atomic E-state index is -4.47. The van der Waals surface area contributed by atoms with Crippen molar-refractivity contribution in [2.75, 3.05) is 0 Å². The quantitative estimate of drug-likeness (QED) is 0.915. The zero-order chi connectivity index (χ0) is 13.2. The van der Waals surface area contributed by atoms with Gasteiger partial charge < -0.3 is 10.3 Å². The Morgan fingerprint density at radius 1 is 1.17 bits per heavy atom. The fourth-order valence-electron chi connectivity index (χ4n) is 1.70. The Balaban J connectivity index is 2.35. The lowest BCUT2D eigenvalue weighted by Crippen LogP contribution is -2.15. The van der Waals surface area contributed by atoms with Crippen LogP contribution < -0.4 is 5.73 Å². The van der Waals surface area contributed by atoms with E-state index < -0.39 is 12.0 Å². The van der Waals surface area contributed by atoms with Crippen LogP contribution >= 0.6 is 0 Å². The molecule has 3 nitrogen and oxygen atoms in total. The van der Waals surface area contributed by atoms with Crippen molar-refractivity contribution in [3.05, 3.63) is 53.6 Å². The van der Waals surface area contributed by atoms with Gasteiger partial charge in [0, 0.05) is 19.3 Å². The van der Waals surface area contributed by atoms with E-state index in [1.165, 1.54) is 6.20 Å². The van der Waals surface area contributed by atoms with E-state index in [-0.39, 0.29) is 18.8 Å². The summed E-state index contributed by atoms with van der Waals surface area (Å²) in [6.07, 6.45) is -3.13. The van der Waals surface area contributed by atoms with Crippen LogP contribution in [-0.2, 0) is 19.3 Å². The van der Waals surface area contributed by atoms with Gasteiger partial charge in [0.1, 0.15) is 0 Å². The van der Waals surface area contributed by atoms with Crippen molar-refractivity contribution in [2.24, 2.45) is 5.73 Å². The second-order valence-electron chi connectivity index (χ2n) is 3.87. The molecule has 2 rings (SSSR count). The lowest BCUT2D eigenvalue weighted by atomic mass is 10.2. The van der Waals surface area contributed by atoms with Gasteiger partial charge >= 0.3 is 6.18 Å². The molecule has 1 aromatic carbocycles. The first-order valence-electron chi connectivity index (χ1n) is 5.38. The number of rotatable bonds is 3. The van der Waals surface area contributed by atoms with Gasteiger partial charge in [-0.2, -0.15) is 13.2 Å². The highest BCUT2D eigenvalue weighted by Crippen LogP contribution is 2.29. The third-order valence-electron chi connectivity index (χ3n) is 2.48. The second kappa shape index (κ2) is 4.81. The topological polar surface area (TPSA) is 43.8 Å². The summed E-state index contributed by atoms with van der Waals surface area (Å²) < 4.78 is 39.4. The molecule has 0 aliphatic heterocycles. The summed E-state index contributed by atoms with van der Waals surface area (Å²) in [7, 11) is 0. The van der Waals surface area contributed by atoms with Gasteiger partial charge in [0.2, 0.25) is 5.82 Å². The molecular weight excluding hydrogens is 243 g/mol. The minimum absolute atomic E-state index is 0.00906. The summed E-state index contributed by atoms with van der Waals surface area (Å²) in [6, 6.07) is 8.91. The van der Waals surface area contributed by atoms with Gasteiger partial charge in [0.25, 0.3) is 0 Å². The average Bonchev–Trinajstić information content (AvgIpc) is 2.73. The summed E-state index contributed by atoms with van der Waals surface area (Å²) in [5.74, 6) is -0.910. The Bertz CT molecular complexity index is 517. The molecular formula is C12H12F3N3. The number of halogens is 3. The maximum absolute atomic E-state index is 12.8. The predicted octanol–water partition coefficient (Wildman–Crippen LogP) is 2.41. The normalized spacial score (nSPS) is 11.8. The van der Waals surface area contributed by atoms with Gasteiger partial charge in [0.05, 0.1) is 5.69 Å². The summed E-state index contributed by atoms with van der Waals surface area (Å²) in [5.41, 5.74) is 6.34. The van der Waals surface area contributed by atoms with E-state index in [4.69, 9.17) is 5.73 Å². The zero-order valence-corrected chi connectivity index (χ0v) is 9.48. The molecule has 18 heavy (non-hydrogen) atoms. The number of benzene rings is 1. The lowest BCUT2D eigenvalue weighted by molar-refractivity contribution is -0.147. The number of hydrogen-bond acceptors (Lipinski definition) is 2. The van der Waals surface area contributed by atoms with Crippen LogP contribution in [0.4, 0.5) is 13.2 Å². The molecule has 0 bridgehead atoms. The zero-order valence-electron chi connectivity index (χ0n) is 9.48. The van der Waals surface area contributed by atoms with E-state index in [9.17, 15) is 13.2 Å². The lowest BCUT2D eigenvalue weighted by Gasteiger charge is -2.10. The second-order valence-corrected chi connectivity index (χ2v) is 3.87.